The summed E-state index contributed by atoms with van der Waals surface area (Å²) >= 11 is 0. The molecule has 5 nitrogen and oxygen atoms in total. The molecule has 0 saturated carbocycles. The van der Waals surface area contributed by atoms with Crippen LogP contribution in [0.15, 0.2) is 48.5 Å². The van der Waals surface area contributed by atoms with Crippen molar-refractivity contribution in [3.05, 3.63) is 71.0 Å². The Balaban J connectivity index is 0.000000241. The Labute approximate surface area is 178 Å². The summed E-state index contributed by atoms with van der Waals surface area (Å²) in [7, 11) is 0. The zero-order valence-corrected chi connectivity index (χ0v) is 17.7. The maximum atomic E-state index is 13.0. The van der Waals surface area contributed by atoms with E-state index >= 15 is 0 Å². The highest BCUT2D eigenvalue weighted by atomic mass is 19.1. The number of halogens is 1. The summed E-state index contributed by atoms with van der Waals surface area (Å²) in [6, 6.07) is 14.4. The van der Waals surface area contributed by atoms with Crippen molar-refractivity contribution in [2.75, 3.05) is 13.2 Å². The van der Waals surface area contributed by atoms with Crippen molar-refractivity contribution in [1.29, 1.82) is 0 Å². The summed E-state index contributed by atoms with van der Waals surface area (Å²) in [5, 5.41) is 0. The minimum Gasteiger partial charge on any atom is -0.379 e. The Morgan fingerprint density at radius 1 is 1.17 bits per heavy atom. The average Bonchev–Trinajstić information content (AvgIpc) is 2.74. The van der Waals surface area contributed by atoms with Crippen LogP contribution in [0.4, 0.5) is 4.39 Å². The lowest BCUT2D eigenvalue weighted by atomic mass is 9.88. The van der Waals surface area contributed by atoms with Gasteiger partial charge in [0.15, 0.2) is 0 Å². The summed E-state index contributed by atoms with van der Waals surface area (Å²) < 4.78 is 18.3. The number of nitrogens with zero attached hydrogens (tertiary/aromatic N) is 1. The maximum Gasteiger partial charge on any atom is 0.214 e. The van der Waals surface area contributed by atoms with Crippen LogP contribution in [0, 0.1) is 5.82 Å². The number of hydrogen-bond acceptors (Lipinski definition) is 3. The van der Waals surface area contributed by atoms with Crippen LogP contribution >= 0.6 is 0 Å². The molecule has 2 aromatic carbocycles. The number of fused-ring (bicyclic) bond motifs is 1. The van der Waals surface area contributed by atoms with Crippen molar-refractivity contribution < 1.29 is 18.7 Å². The van der Waals surface area contributed by atoms with Gasteiger partial charge in [0.05, 0.1) is 12.1 Å². The molecule has 2 aliphatic rings. The van der Waals surface area contributed by atoms with Gasteiger partial charge in [-0.3, -0.25) is 9.59 Å². The summed E-state index contributed by atoms with van der Waals surface area (Å²) in [5.74, 6) is -0.592. The molecule has 0 bridgehead atoms. The van der Waals surface area contributed by atoms with Crippen molar-refractivity contribution in [2.45, 2.75) is 51.7 Å². The first kappa shape index (κ1) is 23.5. The fourth-order valence-corrected chi connectivity index (χ4v) is 3.62. The predicted octanol–water partition coefficient (Wildman–Crippen LogP) is 4.00. The van der Waals surface area contributed by atoms with E-state index in [0.29, 0.717) is 12.6 Å². The molecule has 30 heavy (non-hydrogen) atoms. The number of hydrogen-bond donors (Lipinski definition) is 1. The van der Waals surface area contributed by atoms with Gasteiger partial charge in [-0.2, -0.15) is 0 Å². The van der Waals surface area contributed by atoms with E-state index in [1.54, 1.807) is 17.0 Å². The molecular formula is C24H31FN2O3. The van der Waals surface area contributed by atoms with Crippen LogP contribution in [-0.2, 0) is 20.7 Å². The van der Waals surface area contributed by atoms with Gasteiger partial charge in [0, 0.05) is 20.1 Å². The third-order valence-electron chi connectivity index (χ3n) is 5.05. The van der Waals surface area contributed by atoms with E-state index in [-0.39, 0.29) is 17.8 Å². The summed E-state index contributed by atoms with van der Waals surface area (Å²) in [6.07, 6.45) is 6.18. The second kappa shape index (κ2) is 12.1. The molecule has 2 atom stereocenters. The van der Waals surface area contributed by atoms with Gasteiger partial charge in [-0.25, -0.2) is 4.39 Å². The fraction of sp³-hybridized carbons (Fsp3) is 0.417. The first-order valence-electron chi connectivity index (χ1n) is 10.3. The number of rotatable bonds is 2. The monoisotopic (exact) mass is 414 g/mol. The molecule has 0 aliphatic carbocycles. The number of ether oxygens (including phenoxy) is 1. The first-order valence-corrected chi connectivity index (χ1v) is 10.3. The lowest BCUT2D eigenvalue weighted by molar-refractivity contribution is -0.120. The van der Waals surface area contributed by atoms with Crippen LogP contribution in [0.5, 0.6) is 0 Å². The molecule has 0 spiro atoms. The fourth-order valence-electron chi connectivity index (χ4n) is 3.62. The number of amides is 2. The van der Waals surface area contributed by atoms with Gasteiger partial charge in [0.25, 0.3) is 0 Å². The van der Waals surface area contributed by atoms with Crippen molar-refractivity contribution in [3.8, 4) is 0 Å². The van der Waals surface area contributed by atoms with E-state index < -0.39 is 0 Å². The molecule has 6 heteroatoms. The molecule has 2 N–H and O–H groups in total. The zero-order chi connectivity index (χ0) is 21.9. The summed E-state index contributed by atoms with van der Waals surface area (Å²) in [4.78, 5) is 22.3. The van der Waals surface area contributed by atoms with Crippen LogP contribution in [0.2, 0.25) is 0 Å². The Morgan fingerprint density at radius 3 is 2.37 bits per heavy atom. The Hall–Kier alpha value is -2.73. The molecule has 2 heterocycles. The lowest BCUT2D eigenvalue weighted by Crippen LogP contribution is -2.34. The predicted molar refractivity (Wildman–Crippen MR) is 115 cm³/mol. The molecule has 1 saturated heterocycles. The van der Waals surface area contributed by atoms with E-state index in [9.17, 15) is 14.0 Å². The molecule has 2 aromatic rings. The number of carbonyl (C=O) groups is 2. The molecule has 1 fully saturated rings. The van der Waals surface area contributed by atoms with Gasteiger partial charge < -0.3 is 15.4 Å². The molecule has 162 valence electrons. The van der Waals surface area contributed by atoms with Crippen LogP contribution in [-0.4, -0.2) is 36.5 Å². The molecule has 4 rings (SSSR count). The van der Waals surface area contributed by atoms with Crippen LogP contribution in [0.1, 0.15) is 55.8 Å². The normalized spacial score (nSPS) is 19.9. The maximum absolute atomic E-state index is 13.0. The summed E-state index contributed by atoms with van der Waals surface area (Å²) in [6.45, 7) is 5.13. The largest absolute Gasteiger partial charge is 0.379 e. The minimum atomic E-state index is -0.333. The van der Waals surface area contributed by atoms with Gasteiger partial charge in [-0.15, -0.1) is 0 Å². The van der Waals surface area contributed by atoms with Crippen LogP contribution in [0.3, 0.4) is 0 Å². The smallest absolute Gasteiger partial charge is 0.214 e. The molecular weight excluding hydrogens is 383 g/mol. The second-order valence-electron chi connectivity index (χ2n) is 7.53. The van der Waals surface area contributed by atoms with Gasteiger partial charge in [-0.05, 0) is 61.4 Å². The number of carbonyl (C=O) groups excluding carboxylic acids is 2. The molecule has 0 radical (unpaired) electrons. The first-order chi connectivity index (χ1) is 14.4. The molecule has 1 unspecified atom stereocenters. The van der Waals surface area contributed by atoms with Crippen molar-refractivity contribution in [3.63, 3.8) is 0 Å². The zero-order valence-electron chi connectivity index (χ0n) is 17.7. The Morgan fingerprint density at radius 2 is 1.83 bits per heavy atom. The van der Waals surface area contributed by atoms with Gasteiger partial charge >= 0.3 is 0 Å². The molecule has 0 aromatic heterocycles. The quantitative estimate of drug-likeness (QED) is 0.755. The topological polar surface area (TPSA) is 72.6 Å². The highest BCUT2D eigenvalue weighted by molar-refractivity contribution is 5.70. The van der Waals surface area contributed by atoms with Crippen LogP contribution < -0.4 is 5.73 Å². The number of benzene rings is 2. The average molecular weight is 415 g/mol. The van der Waals surface area contributed by atoms with Gasteiger partial charge in [0.2, 0.25) is 12.3 Å². The highest BCUT2D eigenvalue weighted by Crippen LogP contribution is 2.34. The number of nitrogens with two attached hydrogens (primary N) is 1. The van der Waals surface area contributed by atoms with E-state index in [1.165, 1.54) is 43.9 Å². The van der Waals surface area contributed by atoms with E-state index in [4.69, 9.17) is 4.74 Å². The Kier molecular flexibility index (Phi) is 9.48. The van der Waals surface area contributed by atoms with Crippen molar-refractivity contribution in [1.82, 2.24) is 4.90 Å². The minimum absolute atomic E-state index is 0.108. The van der Waals surface area contributed by atoms with Crippen molar-refractivity contribution in [2.24, 2.45) is 5.73 Å². The summed E-state index contributed by atoms with van der Waals surface area (Å²) in [5.41, 5.74) is 7.81. The van der Waals surface area contributed by atoms with E-state index in [0.717, 1.165) is 30.6 Å². The van der Waals surface area contributed by atoms with E-state index in [2.05, 4.69) is 18.7 Å². The van der Waals surface area contributed by atoms with Crippen molar-refractivity contribution >= 4 is 12.3 Å². The standard InChI is InChI=1S/C16H14FNO.C6H12O.C2H5NO/c17-14-7-5-13(6-8-14)16-15-4-2-1-3-12(15)9-10-18(16)11-19;1-6-4-2-3-5-7-6;1-2(3)4/h1-8,11,16H,9-10H2;6H,2-5H2,1H3;1H3,(H2,3,4)/t16-;;/m0../s1. The lowest BCUT2D eigenvalue weighted by Gasteiger charge is -2.35. The van der Waals surface area contributed by atoms with Gasteiger partial charge in [-0.1, -0.05) is 36.4 Å². The highest BCUT2D eigenvalue weighted by Gasteiger charge is 2.27. The number of primary amides is 1. The third-order valence-corrected chi connectivity index (χ3v) is 5.05. The molecule has 2 aliphatic heterocycles. The SMILES string of the molecule is CC(N)=O.CC1CCCCO1.O=CN1CCc2ccccc2[C@@H]1c1ccc(F)cc1. The molecule has 2 amide bonds. The Bertz CT molecular complexity index is 800. The van der Waals surface area contributed by atoms with E-state index in [1.807, 2.05) is 18.2 Å². The van der Waals surface area contributed by atoms with Gasteiger partial charge in [0.1, 0.15) is 5.82 Å². The van der Waals surface area contributed by atoms with Crippen LogP contribution in [0.25, 0.3) is 0 Å². The second-order valence-corrected chi connectivity index (χ2v) is 7.53. The third kappa shape index (κ3) is 7.26.